The third kappa shape index (κ3) is 3.90. The van der Waals surface area contributed by atoms with E-state index < -0.39 is 11.1 Å². The second-order valence-corrected chi connectivity index (χ2v) is 6.25. The standard InChI is InChI=1S/C19H14Cl2N2O3/c1-26-12-7-5-11(6-8-12)9-16-18(24)23-17(19(25)22-16)10-13-14(20)3-2-4-15(13)21/h2-10H,1H3,(H,22,25)(H,23,24)/b16-9-,17-10-. The van der Waals surface area contributed by atoms with Gasteiger partial charge in [0.15, 0.2) is 0 Å². The van der Waals surface area contributed by atoms with Gasteiger partial charge in [0, 0.05) is 15.6 Å². The second kappa shape index (κ2) is 7.64. The second-order valence-electron chi connectivity index (χ2n) is 5.43. The number of benzene rings is 2. The molecule has 2 aromatic carbocycles. The van der Waals surface area contributed by atoms with Gasteiger partial charge in [0.25, 0.3) is 11.1 Å². The molecule has 2 N–H and O–H groups in total. The van der Waals surface area contributed by atoms with Crippen LogP contribution < -0.4 is 26.6 Å². The van der Waals surface area contributed by atoms with E-state index in [0.29, 0.717) is 21.4 Å². The van der Waals surface area contributed by atoms with Crippen LogP contribution in [0.4, 0.5) is 0 Å². The highest BCUT2D eigenvalue weighted by Crippen LogP contribution is 2.24. The summed E-state index contributed by atoms with van der Waals surface area (Å²) in [6.45, 7) is 0. The van der Waals surface area contributed by atoms with Gasteiger partial charge in [0.05, 0.1) is 7.11 Å². The molecule has 0 unspecified atom stereocenters. The van der Waals surface area contributed by atoms with Crippen molar-refractivity contribution < 1.29 is 4.74 Å². The van der Waals surface area contributed by atoms with Gasteiger partial charge in [-0.05, 0) is 42.0 Å². The van der Waals surface area contributed by atoms with Crippen LogP contribution >= 0.6 is 23.2 Å². The number of methoxy groups -OCH3 is 1. The fourth-order valence-electron chi connectivity index (χ4n) is 2.36. The van der Waals surface area contributed by atoms with E-state index in [0.717, 1.165) is 5.56 Å². The third-order valence-electron chi connectivity index (χ3n) is 3.70. The summed E-state index contributed by atoms with van der Waals surface area (Å²) in [7, 11) is 1.57. The first-order chi connectivity index (χ1) is 12.5. The molecule has 0 aliphatic heterocycles. The maximum Gasteiger partial charge on any atom is 0.272 e. The molecule has 132 valence electrons. The molecule has 5 nitrogen and oxygen atoms in total. The third-order valence-corrected chi connectivity index (χ3v) is 4.36. The zero-order valence-corrected chi connectivity index (χ0v) is 15.2. The summed E-state index contributed by atoms with van der Waals surface area (Å²) in [4.78, 5) is 29.8. The van der Waals surface area contributed by atoms with Gasteiger partial charge >= 0.3 is 0 Å². The first-order valence-corrected chi connectivity index (χ1v) is 8.37. The number of nitrogens with one attached hydrogen (secondary N) is 2. The number of rotatable bonds is 3. The highest BCUT2D eigenvalue weighted by molar-refractivity contribution is 6.37. The van der Waals surface area contributed by atoms with Crippen molar-refractivity contribution in [1.82, 2.24) is 9.97 Å². The van der Waals surface area contributed by atoms with Crippen LogP contribution in [0, 0.1) is 0 Å². The van der Waals surface area contributed by atoms with E-state index in [1.165, 1.54) is 6.08 Å². The van der Waals surface area contributed by atoms with E-state index in [9.17, 15) is 9.59 Å². The van der Waals surface area contributed by atoms with Gasteiger partial charge in [0.1, 0.15) is 16.4 Å². The SMILES string of the molecule is COc1ccc(/C=c2\[nH]c(=O)/c(=C/c3c(Cl)cccc3Cl)[nH]c2=O)cc1. The van der Waals surface area contributed by atoms with E-state index in [-0.39, 0.29) is 10.7 Å². The zero-order chi connectivity index (χ0) is 18.7. The topological polar surface area (TPSA) is 75.0 Å². The Morgan fingerprint density at radius 1 is 0.846 bits per heavy atom. The summed E-state index contributed by atoms with van der Waals surface area (Å²) in [5.74, 6) is 0.700. The fraction of sp³-hybridized carbons (Fsp3) is 0.0526. The van der Waals surface area contributed by atoms with Crippen LogP contribution in [0.1, 0.15) is 11.1 Å². The van der Waals surface area contributed by atoms with Crippen LogP contribution in [0.3, 0.4) is 0 Å². The molecule has 0 amide bonds. The molecule has 1 heterocycles. The Balaban J connectivity index is 2.12. The maximum absolute atomic E-state index is 12.3. The van der Waals surface area contributed by atoms with Crippen molar-refractivity contribution in [3.63, 3.8) is 0 Å². The molecule has 0 atom stereocenters. The highest BCUT2D eigenvalue weighted by Gasteiger charge is 2.04. The Bertz CT molecular complexity index is 1160. The first kappa shape index (κ1) is 18.0. The zero-order valence-electron chi connectivity index (χ0n) is 13.7. The Hall–Kier alpha value is -2.76. The molecule has 0 radical (unpaired) electrons. The summed E-state index contributed by atoms with van der Waals surface area (Å²) < 4.78 is 5.09. The number of aromatic nitrogens is 2. The lowest BCUT2D eigenvalue weighted by Gasteiger charge is -2.00. The van der Waals surface area contributed by atoms with Crippen LogP contribution in [0.15, 0.2) is 52.1 Å². The van der Waals surface area contributed by atoms with Crippen LogP contribution in [-0.4, -0.2) is 17.1 Å². The largest absolute Gasteiger partial charge is 0.497 e. The summed E-state index contributed by atoms with van der Waals surface area (Å²) in [5.41, 5.74) is 0.317. The fourth-order valence-corrected chi connectivity index (χ4v) is 2.86. The number of H-pyrrole nitrogens is 2. The average molecular weight is 389 g/mol. The van der Waals surface area contributed by atoms with Crippen molar-refractivity contribution in [2.24, 2.45) is 0 Å². The molecule has 0 fully saturated rings. The average Bonchev–Trinajstić information content (AvgIpc) is 2.62. The number of ether oxygens (including phenoxy) is 1. The molecule has 0 spiro atoms. The van der Waals surface area contributed by atoms with Crippen LogP contribution in [0.5, 0.6) is 5.75 Å². The molecule has 0 bridgehead atoms. The maximum atomic E-state index is 12.3. The Kier molecular flexibility index (Phi) is 5.30. The number of hydrogen-bond acceptors (Lipinski definition) is 3. The molecule has 0 aliphatic carbocycles. The van der Waals surface area contributed by atoms with Crippen molar-refractivity contribution >= 4 is 35.4 Å². The lowest BCUT2D eigenvalue weighted by Crippen LogP contribution is -2.46. The van der Waals surface area contributed by atoms with Crippen molar-refractivity contribution in [1.29, 1.82) is 0 Å². The van der Waals surface area contributed by atoms with E-state index in [1.807, 2.05) is 0 Å². The molecule has 26 heavy (non-hydrogen) atoms. The van der Waals surface area contributed by atoms with Crippen LogP contribution in [-0.2, 0) is 0 Å². The van der Waals surface area contributed by atoms with Gasteiger partial charge in [-0.1, -0.05) is 41.4 Å². The predicted molar refractivity (Wildman–Crippen MR) is 104 cm³/mol. The summed E-state index contributed by atoms with van der Waals surface area (Å²) in [6.07, 6.45) is 3.02. The monoisotopic (exact) mass is 388 g/mol. The minimum absolute atomic E-state index is 0.0666. The number of aromatic amines is 2. The van der Waals surface area contributed by atoms with E-state index in [4.69, 9.17) is 27.9 Å². The van der Waals surface area contributed by atoms with Gasteiger partial charge in [0.2, 0.25) is 0 Å². The molecule has 0 saturated heterocycles. The van der Waals surface area contributed by atoms with Gasteiger partial charge in [-0.25, -0.2) is 0 Å². The minimum Gasteiger partial charge on any atom is -0.497 e. The molecular weight excluding hydrogens is 375 g/mol. The molecule has 0 aliphatic rings. The van der Waals surface area contributed by atoms with Gasteiger partial charge < -0.3 is 14.7 Å². The minimum atomic E-state index is -0.458. The lowest BCUT2D eigenvalue weighted by molar-refractivity contribution is 0.415. The molecule has 1 aromatic heterocycles. The van der Waals surface area contributed by atoms with Gasteiger partial charge in [-0.2, -0.15) is 0 Å². The Morgan fingerprint density at radius 2 is 1.38 bits per heavy atom. The summed E-state index contributed by atoms with van der Waals surface area (Å²) in [5, 5.41) is 0.970. The Morgan fingerprint density at radius 3 is 1.92 bits per heavy atom. The predicted octanol–water partition coefficient (Wildman–Crippen LogP) is 2.04. The van der Waals surface area contributed by atoms with Crippen LogP contribution in [0.2, 0.25) is 10.0 Å². The van der Waals surface area contributed by atoms with Crippen molar-refractivity contribution in [2.75, 3.05) is 7.11 Å². The van der Waals surface area contributed by atoms with Crippen molar-refractivity contribution in [2.45, 2.75) is 0 Å². The normalized spacial score (nSPS) is 12.4. The number of hydrogen-bond donors (Lipinski definition) is 2. The Labute approximate surface area is 158 Å². The highest BCUT2D eigenvalue weighted by atomic mass is 35.5. The van der Waals surface area contributed by atoms with Crippen LogP contribution in [0.25, 0.3) is 12.2 Å². The smallest absolute Gasteiger partial charge is 0.272 e. The van der Waals surface area contributed by atoms with Crippen molar-refractivity contribution in [3.05, 3.63) is 95.0 Å². The molecular formula is C19H14Cl2N2O3. The molecule has 7 heteroatoms. The number of halogens is 2. The van der Waals surface area contributed by atoms with E-state index >= 15 is 0 Å². The summed E-state index contributed by atoms with van der Waals surface area (Å²) >= 11 is 12.2. The van der Waals surface area contributed by atoms with Gasteiger partial charge in [-0.15, -0.1) is 0 Å². The van der Waals surface area contributed by atoms with E-state index in [2.05, 4.69) is 9.97 Å². The van der Waals surface area contributed by atoms with Crippen molar-refractivity contribution in [3.8, 4) is 5.75 Å². The first-order valence-electron chi connectivity index (χ1n) is 7.62. The summed E-state index contributed by atoms with van der Waals surface area (Å²) in [6, 6.07) is 12.1. The van der Waals surface area contributed by atoms with E-state index in [1.54, 1.807) is 55.7 Å². The lowest BCUT2D eigenvalue weighted by atomic mass is 10.2. The molecule has 3 rings (SSSR count). The van der Waals surface area contributed by atoms with Gasteiger partial charge in [-0.3, -0.25) is 9.59 Å². The molecule has 3 aromatic rings. The quantitative estimate of drug-likeness (QED) is 0.720. The molecule has 0 saturated carbocycles.